The minimum absolute atomic E-state index is 0.226. The normalized spacial score (nSPS) is 10.5. The van der Waals surface area contributed by atoms with Crippen LogP contribution >= 0.6 is 11.6 Å². The predicted molar refractivity (Wildman–Crippen MR) is 102 cm³/mol. The van der Waals surface area contributed by atoms with Crippen molar-refractivity contribution in [1.29, 1.82) is 0 Å². The number of ether oxygens (including phenoxy) is 2. The van der Waals surface area contributed by atoms with Crippen LogP contribution in [0.15, 0.2) is 54.7 Å². The molecule has 1 amide bonds. The molecule has 0 aliphatic heterocycles. The van der Waals surface area contributed by atoms with Crippen LogP contribution in [-0.4, -0.2) is 31.2 Å². The van der Waals surface area contributed by atoms with Crippen LogP contribution in [-0.2, 0) is 0 Å². The molecule has 1 heterocycles. The van der Waals surface area contributed by atoms with E-state index in [1.165, 1.54) is 7.11 Å². The van der Waals surface area contributed by atoms with Crippen LogP contribution in [0.5, 0.6) is 11.5 Å². The van der Waals surface area contributed by atoms with E-state index in [0.717, 1.165) is 16.7 Å². The largest absolute Gasteiger partial charge is 0.496 e. The standard InChI is InChI=1S/C20H19ClN2O3/c1-25-17-9-8-15(21)13-16(17)20(24)23-11-4-12-26-18-7-2-5-14-6-3-10-22-19(14)18/h2-3,5-10,13H,4,11-12H2,1H3,(H,23,24). The fourth-order valence-corrected chi connectivity index (χ4v) is 2.77. The van der Waals surface area contributed by atoms with E-state index in [4.69, 9.17) is 21.1 Å². The number of carbonyl (C=O) groups is 1. The second-order valence-corrected chi connectivity index (χ2v) is 6.07. The summed E-state index contributed by atoms with van der Waals surface area (Å²) in [5.74, 6) is 1.01. The maximum absolute atomic E-state index is 12.3. The smallest absolute Gasteiger partial charge is 0.255 e. The van der Waals surface area contributed by atoms with Gasteiger partial charge in [-0.1, -0.05) is 29.8 Å². The van der Waals surface area contributed by atoms with Crippen LogP contribution in [0.25, 0.3) is 10.9 Å². The molecular weight excluding hydrogens is 352 g/mol. The van der Waals surface area contributed by atoms with Crippen LogP contribution in [0.4, 0.5) is 0 Å². The van der Waals surface area contributed by atoms with Gasteiger partial charge in [0.2, 0.25) is 0 Å². The Morgan fingerprint density at radius 3 is 2.85 bits per heavy atom. The van der Waals surface area contributed by atoms with Gasteiger partial charge < -0.3 is 14.8 Å². The van der Waals surface area contributed by atoms with Crippen molar-refractivity contribution in [3.8, 4) is 11.5 Å². The predicted octanol–water partition coefficient (Wildman–Crippen LogP) is 4.10. The molecule has 6 heteroatoms. The highest BCUT2D eigenvalue weighted by molar-refractivity contribution is 6.31. The van der Waals surface area contributed by atoms with Crippen molar-refractivity contribution in [3.05, 3.63) is 65.3 Å². The molecule has 0 bridgehead atoms. The molecule has 0 saturated heterocycles. The lowest BCUT2D eigenvalue weighted by molar-refractivity contribution is 0.0948. The number of rotatable bonds is 7. The summed E-state index contributed by atoms with van der Waals surface area (Å²) in [5.41, 5.74) is 1.25. The monoisotopic (exact) mass is 370 g/mol. The minimum atomic E-state index is -0.226. The van der Waals surface area contributed by atoms with Crippen molar-refractivity contribution in [2.45, 2.75) is 6.42 Å². The fourth-order valence-electron chi connectivity index (χ4n) is 2.60. The Labute approximate surface area is 156 Å². The van der Waals surface area contributed by atoms with E-state index in [1.54, 1.807) is 24.4 Å². The van der Waals surface area contributed by atoms with E-state index in [-0.39, 0.29) is 5.91 Å². The molecule has 1 aromatic heterocycles. The van der Waals surface area contributed by atoms with E-state index in [2.05, 4.69) is 10.3 Å². The number of halogens is 1. The molecule has 134 valence electrons. The number of nitrogens with zero attached hydrogens (tertiary/aromatic N) is 1. The topological polar surface area (TPSA) is 60.5 Å². The van der Waals surface area contributed by atoms with Gasteiger partial charge in [0.15, 0.2) is 0 Å². The van der Waals surface area contributed by atoms with Crippen molar-refractivity contribution >= 4 is 28.4 Å². The highest BCUT2D eigenvalue weighted by atomic mass is 35.5. The molecule has 5 nitrogen and oxygen atoms in total. The molecule has 3 rings (SSSR count). The molecule has 3 aromatic rings. The molecule has 0 unspecified atom stereocenters. The number of hydrogen-bond donors (Lipinski definition) is 1. The number of carbonyl (C=O) groups excluding carboxylic acids is 1. The molecule has 0 fully saturated rings. The van der Waals surface area contributed by atoms with Gasteiger partial charge in [0, 0.05) is 23.2 Å². The van der Waals surface area contributed by atoms with Gasteiger partial charge >= 0.3 is 0 Å². The zero-order chi connectivity index (χ0) is 18.4. The second kappa shape index (κ2) is 8.54. The van der Waals surface area contributed by atoms with Crippen molar-refractivity contribution in [3.63, 3.8) is 0 Å². The first-order chi connectivity index (χ1) is 12.7. The Kier molecular flexibility index (Phi) is 5.92. The summed E-state index contributed by atoms with van der Waals surface area (Å²) in [6.07, 6.45) is 2.41. The van der Waals surface area contributed by atoms with E-state index in [1.807, 2.05) is 30.3 Å². The average molecular weight is 371 g/mol. The third kappa shape index (κ3) is 4.24. The average Bonchev–Trinajstić information content (AvgIpc) is 2.67. The minimum Gasteiger partial charge on any atom is -0.496 e. The van der Waals surface area contributed by atoms with Crippen molar-refractivity contribution in [1.82, 2.24) is 10.3 Å². The highest BCUT2D eigenvalue weighted by Crippen LogP contribution is 2.23. The van der Waals surface area contributed by atoms with Crippen LogP contribution < -0.4 is 14.8 Å². The summed E-state index contributed by atoms with van der Waals surface area (Å²) < 4.78 is 11.0. The van der Waals surface area contributed by atoms with E-state index in [9.17, 15) is 4.79 Å². The fraction of sp³-hybridized carbons (Fsp3) is 0.200. The number of pyridine rings is 1. The third-order valence-electron chi connectivity index (χ3n) is 3.87. The lowest BCUT2D eigenvalue weighted by Crippen LogP contribution is -2.26. The van der Waals surface area contributed by atoms with Crippen LogP contribution in [0.2, 0.25) is 5.02 Å². The van der Waals surface area contributed by atoms with Gasteiger partial charge in [0.25, 0.3) is 5.91 Å². The van der Waals surface area contributed by atoms with Gasteiger partial charge in [-0.3, -0.25) is 9.78 Å². The van der Waals surface area contributed by atoms with Crippen molar-refractivity contribution < 1.29 is 14.3 Å². The number of methoxy groups -OCH3 is 1. The number of aromatic nitrogens is 1. The van der Waals surface area contributed by atoms with Crippen molar-refractivity contribution in [2.24, 2.45) is 0 Å². The first-order valence-electron chi connectivity index (χ1n) is 8.27. The second-order valence-electron chi connectivity index (χ2n) is 5.63. The van der Waals surface area contributed by atoms with Crippen LogP contribution in [0.3, 0.4) is 0 Å². The molecule has 0 aliphatic rings. The SMILES string of the molecule is COc1ccc(Cl)cc1C(=O)NCCCOc1cccc2cccnc12. The first kappa shape index (κ1) is 18.0. The lowest BCUT2D eigenvalue weighted by atomic mass is 10.2. The molecule has 1 N–H and O–H groups in total. The number of amides is 1. The summed E-state index contributed by atoms with van der Waals surface area (Å²) in [5, 5.41) is 4.37. The first-order valence-corrected chi connectivity index (χ1v) is 8.65. The van der Waals surface area contributed by atoms with Gasteiger partial charge in [0.05, 0.1) is 19.3 Å². The Balaban J connectivity index is 1.51. The number of nitrogens with one attached hydrogen (secondary N) is 1. The zero-order valence-corrected chi connectivity index (χ0v) is 15.1. The zero-order valence-electron chi connectivity index (χ0n) is 14.4. The molecule has 0 spiro atoms. The molecule has 2 aromatic carbocycles. The Bertz CT molecular complexity index is 909. The Morgan fingerprint density at radius 2 is 2.00 bits per heavy atom. The van der Waals surface area contributed by atoms with Crippen molar-refractivity contribution in [2.75, 3.05) is 20.3 Å². The molecule has 26 heavy (non-hydrogen) atoms. The van der Waals surface area contributed by atoms with Gasteiger partial charge in [-0.15, -0.1) is 0 Å². The lowest BCUT2D eigenvalue weighted by Gasteiger charge is -2.11. The summed E-state index contributed by atoms with van der Waals surface area (Å²) in [6, 6.07) is 14.7. The number of benzene rings is 2. The molecular formula is C20H19ClN2O3. The molecule has 0 radical (unpaired) electrons. The number of fused-ring (bicyclic) bond motifs is 1. The number of para-hydroxylation sites is 1. The molecule has 0 saturated carbocycles. The quantitative estimate of drug-likeness (QED) is 0.636. The van der Waals surface area contributed by atoms with E-state index < -0.39 is 0 Å². The molecule has 0 aliphatic carbocycles. The number of hydrogen-bond acceptors (Lipinski definition) is 4. The Hall–Kier alpha value is -2.79. The highest BCUT2D eigenvalue weighted by Gasteiger charge is 2.12. The van der Waals surface area contributed by atoms with Crippen LogP contribution in [0, 0.1) is 0 Å². The van der Waals surface area contributed by atoms with Crippen LogP contribution in [0.1, 0.15) is 16.8 Å². The summed E-state index contributed by atoms with van der Waals surface area (Å²) in [7, 11) is 1.52. The van der Waals surface area contributed by atoms with Gasteiger partial charge in [-0.05, 0) is 36.8 Å². The molecule has 0 atom stereocenters. The Morgan fingerprint density at radius 1 is 1.15 bits per heavy atom. The summed E-state index contributed by atoms with van der Waals surface area (Å²) in [6.45, 7) is 0.954. The van der Waals surface area contributed by atoms with E-state index >= 15 is 0 Å². The maximum atomic E-state index is 12.3. The summed E-state index contributed by atoms with van der Waals surface area (Å²) >= 11 is 5.96. The third-order valence-corrected chi connectivity index (χ3v) is 4.10. The van der Waals surface area contributed by atoms with Gasteiger partial charge in [-0.2, -0.15) is 0 Å². The van der Waals surface area contributed by atoms with E-state index in [0.29, 0.717) is 35.9 Å². The maximum Gasteiger partial charge on any atom is 0.255 e. The summed E-state index contributed by atoms with van der Waals surface area (Å²) in [4.78, 5) is 16.6. The van der Waals surface area contributed by atoms with Gasteiger partial charge in [0.1, 0.15) is 17.0 Å². The van der Waals surface area contributed by atoms with Gasteiger partial charge in [-0.25, -0.2) is 0 Å².